The van der Waals surface area contributed by atoms with Gasteiger partial charge >= 0.3 is 0 Å². The molecule has 0 amide bonds. The Morgan fingerprint density at radius 3 is 2.71 bits per heavy atom. The monoisotopic (exact) mass is 318 g/mol. The number of aromatic nitrogens is 2. The first-order chi connectivity index (χ1) is 12.0. The molecule has 120 valence electrons. The van der Waals surface area contributed by atoms with Gasteiger partial charge in [0.05, 0.1) is 6.93 Å². The van der Waals surface area contributed by atoms with Gasteiger partial charge in [-0.05, 0) is 36.6 Å². The molecule has 0 radical (unpaired) electrons. The van der Waals surface area contributed by atoms with Crippen molar-refractivity contribution in [1.82, 2.24) is 4.98 Å². The van der Waals surface area contributed by atoms with Crippen molar-refractivity contribution in [2.45, 2.75) is 26.7 Å². The number of benzene rings is 1. The Kier molecular flexibility index (Phi) is 3.12. The van der Waals surface area contributed by atoms with E-state index >= 15 is 0 Å². The lowest BCUT2D eigenvalue weighted by atomic mass is 9.99. The second-order valence-electron chi connectivity index (χ2n) is 6.64. The highest BCUT2D eigenvalue weighted by Gasteiger charge is 2.21. The fourth-order valence-electron chi connectivity index (χ4n) is 3.28. The number of hydrogen-bond acceptors (Lipinski definition) is 2. The zero-order chi connectivity index (χ0) is 17.7. The van der Waals surface area contributed by atoms with E-state index in [1.54, 1.807) is 6.07 Å². The molecule has 0 bridgehead atoms. The van der Waals surface area contributed by atoms with Crippen molar-refractivity contribution < 1.29 is 10.4 Å². The van der Waals surface area contributed by atoms with Crippen LogP contribution in [0.5, 0.6) is 0 Å². The third kappa shape index (κ3) is 2.20. The van der Waals surface area contributed by atoms with Crippen LogP contribution in [0.15, 0.2) is 53.2 Å². The molecule has 3 heteroatoms. The van der Waals surface area contributed by atoms with Crippen LogP contribution in [0.25, 0.3) is 33.3 Å². The van der Waals surface area contributed by atoms with Crippen LogP contribution in [-0.4, -0.2) is 4.98 Å². The van der Waals surface area contributed by atoms with Crippen LogP contribution in [0.4, 0.5) is 0 Å². The van der Waals surface area contributed by atoms with Crippen LogP contribution in [0, 0.1) is 6.92 Å². The zero-order valence-electron chi connectivity index (χ0n) is 15.4. The summed E-state index contributed by atoms with van der Waals surface area (Å²) in [7, 11) is 2.07. The largest absolute Gasteiger partial charge is 0.437 e. The van der Waals surface area contributed by atoms with E-state index < -0.39 is 0 Å². The van der Waals surface area contributed by atoms with Gasteiger partial charge in [-0.1, -0.05) is 26.0 Å². The molecule has 0 spiro atoms. The van der Waals surface area contributed by atoms with Gasteiger partial charge in [-0.2, -0.15) is 0 Å². The van der Waals surface area contributed by atoms with Crippen LogP contribution in [0.1, 0.15) is 32.3 Å². The number of furan rings is 1. The predicted octanol–water partition coefficient (Wildman–Crippen LogP) is 4.90. The van der Waals surface area contributed by atoms with Crippen LogP contribution >= 0.6 is 0 Å². The quantitative estimate of drug-likeness (QED) is 0.492. The summed E-state index contributed by atoms with van der Waals surface area (Å²) in [6.07, 6.45) is 2.40. The summed E-state index contributed by atoms with van der Waals surface area (Å²) < 4.78 is 16.0. The van der Waals surface area contributed by atoms with E-state index in [0.29, 0.717) is 11.6 Å². The van der Waals surface area contributed by atoms with Crippen molar-refractivity contribution in [3.63, 3.8) is 0 Å². The molecule has 0 aliphatic rings. The smallest absolute Gasteiger partial charge is 0.227 e. The Bertz CT molecular complexity index is 1110. The number of nitrogens with zero attached hydrogens (tertiary/aromatic N) is 2. The van der Waals surface area contributed by atoms with Gasteiger partial charge in [0.2, 0.25) is 11.4 Å². The third-order valence-electron chi connectivity index (χ3n) is 4.66. The summed E-state index contributed by atoms with van der Waals surface area (Å²) in [5.74, 6) is 0.489. The lowest BCUT2D eigenvalue weighted by molar-refractivity contribution is -0.660. The number of hydrogen-bond donors (Lipinski definition) is 0. The first kappa shape index (κ1) is 13.7. The molecule has 0 aliphatic carbocycles. The molecular weight excluding hydrogens is 296 g/mol. The Morgan fingerprint density at radius 2 is 1.96 bits per heavy atom. The molecule has 4 rings (SSSR count). The number of aryl methyl sites for hydroxylation is 2. The molecule has 0 saturated heterocycles. The lowest BCUT2D eigenvalue weighted by Gasteiger charge is -2.08. The number of fused-ring (bicyclic) bond motifs is 3. The Hall–Kier alpha value is -2.68. The molecule has 4 aromatic rings. The molecule has 3 nitrogen and oxygen atoms in total. The second kappa shape index (κ2) is 5.45. The van der Waals surface area contributed by atoms with Crippen LogP contribution in [0.3, 0.4) is 0 Å². The molecule has 0 unspecified atom stereocenters. The molecule has 3 heterocycles. The van der Waals surface area contributed by atoms with Crippen molar-refractivity contribution in [2.24, 2.45) is 7.05 Å². The van der Waals surface area contributed by atoms with Gasteiger partial charge in [0.25, 0.3) is 0 Å². The Morgan fingerprint density at radius 1 is 1.12 bits per heavy atom. The molecule has 0 atom stereocenters. The SMILES string of the molecule is [2H]c1ccc2c(n1)oc1c(-c3ccc(C(C)C)c[n+]3C)c(C)ccc12. The van der Waals surface area contributed by atoms with E-state index in [0.717, 1.165) is 33.2 Å². The molecular formula is C21H21N2O+. The summed E-state index contributed by atoms with van der Waals surface area (Å²) >= 11 is 0. The minimum absolute atomic E-state index is 0.219. The second-order valence-corrected chi connectivity index (χ2v) is 6.64. The maximum absolute atomic E-state index is 7.73. The molecule has 0 aliphatic heterocycles. The van der Waals surface area contributed by atoms with E-state index in [1.165, 1.54) is 5.56 Å². The van der Waals surface area contributed by atoms with Gasteiger partial charge < -0.3 is 4.42 Å². The fourth-order valence-corrected chi connectivity index (χ4v) is 3.28. The van der Waals surface area contributed by atoms with Gasteiger partial charge in [-0.15, -0.1) is 0 Å². The maximum atomic E-state index is 7.73. The van der Waals surface area contributed by atoms with Crippen molar-refractivity contribution >= 4 is 22.1 Å². The van der Waals surface area contributed by atoms with E-state index in [-0.39, 0.29) is 6.17 Å². The summed E-state index contributed by atoms with van der Waals surface area (Å²) in [5, 5.41) is 1.99. The van der Waals surface area contributed by atoms with Crippen LogP contribution in [0.2, 0.25) is 0 Å². The molecule has 3 aromatic heterocycles. The van der Waals surface area contributed by atoms with E-state index in [9.17, 15) is 0 Å². The average Bonchev–Trinajstić information content (AvgIpc) is 2.92. The van der Waals surface area contributed by atoms with E-state index in [1.807, 2.05) is 6.07 Å². The third-order valence-corrected chi connectivity index (χ3v) is 4.66. The van der Waals surface area contributed by atoms with Gasteiger partial charge in [0, 0.05) is 28.6 Å². The first-order valence-corrected chi connectivity index (χ1v) is 8.25. The predicted molar refractivity (Wildman–Crippen MR) is 97.0 cm³/mol. The van der Waals surface area contributed by atoms with Crippen molar-refractivity contribution in [3.05, 3.63) is 59.9 Å². The van der Waals surface area contributed by atoms with Crippen LogP contribution in [-0.2, 0) is 7.05 Å². The summed E-state index contributed by atoms with van der Waals surface area (Å²) in [6, 6.07) is 12.2. The average molecular weight is 318 g/mol. The highest BCUT2D eigenvalue weighted by atomic mass is 16.3. The van der Waals surface area contributed by atoms with Crippen molar-refractivity contribution in [1.29, 1.82) is 0 Å². The minimum atomic E-state index is 0.219. The molecule has 24 heavy (non-hydrogen) atoms. The molecule has 0 fully saturated rings. The van der Waals surface area contributed by atoms with Gasteiger partial charge in [-0.25, -0.2) is 9.55 Å². The highest BCUT2D eigenvalue weighted by molar-refractivity contribution is 6.08. The maximum Gasteiger partial charge on any atom is 0.227 e. The molecule has 1 aromatic carbocycles. The topological polar surface area (TPSA) is 29.9 Å². The zero-order valence-corrected chi connectivity index (χ0v) is 14.4. The molecule has 0 N–H and O–H groups in total. The Balaban J connectivity index is 2.04. The van der Waals surface area contributed by atoms with E-state index in [2.05, 4.69) is 67.8 Å². The molecule has 0 saturated carbocycles. The Labute approximate surface area is 143 Å². The lowest BCUT2D eigenvalue weighted by Crippen LogP contribution is -2.31. The number of pyridine rings is 2. The van der Waals surface area contributed by atoms with Crippen molar-refractivity contribution in [3.8, 4) is 11.3 Å². The number of rotatable bonds is 2. The van der Waals surface area contributed by atoms with Crippen molar-refractivity contribution in [2.75, 3.05) is 0 Å². The van der Waals surface area contributed by atoms with Crippen LogP contribution < -0.4 is 4.57 Å². The van der Waals surface area contributed by atoms with Gasteiger partial charge in [0.1, 0.15) is 7.05 Å². The minimum Gasteiger partial charge on any atom is -0.437 e. The fraction of sp³-hybridized carbons (Fsp3) is 0.238. The standard InChI is InChI=1S/C21H21N2O/c1-13(2)15-8-10-18(23(4)12-15)19-14(3)7-9-16-17-6-5-11-22-21(17)24-20(16)19/h5-13H,1-4H3/q+1/i11D. The summed E-state index contributed by atoms with van der Waals surface area (Å²) in [5.41, 5.74) is 6.01. The highest BCUT2D eigenvalue weighted by Crippen LogP contribution is 2.36. The van der Waals surface area contributed by atoms with E-state index in [4.69, 9.17) is 5.79 Å². The normalized spacial score (nSPS) is 12.3. The summed E-state index contributed by atoms with van der Waals surface area (Å²) in [4.78, 5) is 4.23. The summed E-state index contributed by atoms with van der Waals surface area (Å²) in [6.45, 7) is 6.50. The first-order valence-electron chi connectivity index (χ1n) is 8.75. The van der Waals surface area contributed by atoms with Gasteiger partial charge in [0.15, 0.2) is 11.8 Å². The van der Waals surface area contributed by atoms with Gasteiger partial charge in [-0.3, -0.25) is 0 Å².